The number of aryl methyl sites for hydroxylation is 1. The zero-order chi connectivity index (χ0) is 14.4. The van der Waals surface area contributed by atoms with E-state index in [0.717, 1.165) is 4.91 Å². The van der Waals surface area contributed by atoms with E-state index in [9.17, 15) is 0 Å². The molecule has 102 valence electrons. The highest BCUT2D eigenvalue weighted by Gasteiger charge is 1.95. The molecule has 0 aromatic heterocycles. The van der Waals surface area contributed by atoms with Crippen molar-refractivity contribution in [1.29, 1.82) is 0 Å². The van der Waals surface area contributed by atoms with E-state index in [2.05, 4.69) is 42.8 Å². The molecule has 1 aromatic carbocycles. The van der Waals surface area contributed by atoms with Gasteiger partial charge in [0.05, 0.1) is 5.55 Å². The summed E-state index contributed by atoms with van der Waals surface area (Å²) in [6, 6.07) is 8.34. The number of allylic oxidation sites excluding steroid dienone is 1. The van der Waals surface area contributed by atoms with Crippen molar-refractivity contribution in [2.75, 3.05) is 13.3 Å². The second kappa shape index (κ2) is 14.4. The lowest BCUT2D eigenvalue weighted by atomic mass is 10.2. The van der Waals surface area contributed by atoms with E-state index in [-0.39, 0.29) is 0 Å². The summed E-state index contributed by atoms with van der Waals surface area (Å²) in [4.78, 5) is 6.14. The number of hydrogen-bond donors (Lipinski definition) is 0. The van der Waals surface area contributed by atoms with E-state index in [1.165, 1.54) is 10.5 Å². The molecule has 0 bridgehead atoms. The van der Waals surface area contributed by atoms with Crippen molar-refractivity contribution in [3.8, 4) is 0 Å². The highest BCUT2D eigenvalue weighted by atomic mass is 32.2. The van der Waals surface area contributed by atoms with Crippen LogP contribution in [0.1, 0.15) is 26.3 Å². The molecule has 0 amide bonds. The largest absolute Gasteiger partial charge is 0.290 e. The SMILES string of the molecule is C=C(C)Sc1ccccc1C.CC.CN=CSC. The summed E-state index contributed by atoms with van der Waals surface area (Å²) < 4.78 is 0. The molecular formula is C15H25NS2. The van der Waals surface area contributed by atoms with Crippen LogP contribution in [-0.2, 0) is 0 Å². The minimum absolute atomic E-state index is 1.14. The summed E-state index contributed by atoms with van der Waals surface area (Å²) in [6.07, 6.45) is 1.98. The third-order valence-electron chi connectivity index (χ3n) is 1.59. The van der Waals surface area contributed by atoms with Crippen molar-refractivity contribution < 1.29 is 0 Å². The number of thioether (sulfide) groups is 2. The molecule has 0 aliphatic carbocycles. The molecule has 3 heteroatoms. The molecule has 1 aromatic rings. The number of rotatable bonds is 3. The second-order valence-corrected chi connectivity index (χ2v) is 5.19. The molecule has 0 atom stereocenters. The fraction of sp³-hybridized carbons (Fsp3) is 0.400. The highest BCUT2D eigenvalue weighted by Crippen LogP contribution is 2.27. The lowest BCUT2D eigenvalue weighted by molar-refractivity contribution is 1.31. The molecular weight excluding hydrogens is 258 g/mol. The van der Waals surface area contributed by atoms with Crippen LogP contribution in [0.5, 0.6) is 0 Å². The Kier molecular flexibility index (Phi) is 15.7. The third kappa shape index (κ3) is 11.8. The average molecular weight is 284 g/mol. The van der Waals surface area contributed by atoms with E-state index >= 15 is 0 Å². The number of benzene rings is 1. The minimum Gasteiger partial charge on any atom is -0.290 e. The fourth-order valence-electron chi connectivity index (χ4n) is 0.964. The van der Waals surface area contributed by atoms with E-state index in [1.807, 2.05) is 27.0 Å². The predicted octanol–water partition coefficient (Wildman–Crippen LogP) is 5.65. The zero-order valence-electron chi connectivity index (χ0n) is 12.4. The van der Waals surface area contributed by atoms with Gasteiger partial charge in [-0.2, -0.15) is 0 Å². The molecule has 0 spiro atoms. The first-order chi connectivity index (χ1) is 8.61. The third-order valence-corrected chi connectivity index (χ3v) is 3.04. The highest BCUT2D eigenvalue weighted by molar-refractivity contribution is 8.11. The van der Waals surface area contributed by atoms with E-state index < -0.39 is 0 Å². The quantitative estimate of drug-likeness (QED) is 0.403. The number of nitrogens with zero attached hydrogens (tertiary/aromatic N) is 1. The van der Waals surface area contributed by atoms with Crippen molar-refractivity contribution in [3.05, 3.63) is 41.3 Å². The first kappa shape index (κ1) is 19.7. The molecule has 0 N–H and O–H groups in total. The van der Waals surface area contributed by atoms with Crippen molar-refractivity contribution >= 4 is 29.1 Å². The molecule has 1 rings (SSSR count). The van der Waals surface area contributed by atoms with Crippen LogP contribution in [0.4, 0.5) is 0 Å². The molecule has 0 heterocycles. The maximum atomic E-state index is 3.85. The Balaban J connectivity index is 0. The Labute approximate surface area is 121 Å². The second-order valence-electron chi connectivity index (χ2n) is 3.17. The summed E-state index contributed by atoms with van der Waals surface area (Å²) in [5, 5.41) is 0. The van der Waals surface area contributed by atoms with Crippen molar-refractivity contribution in [2.24, 2.45) is 4.99 Å². The molecule has 0 aliphatic rings. The monoisotopic (exact) mass is 283 g/mol. The maximum Gasteiger partial charge on any atom is 0.0534 e. The summed E-state index contributed by atoms with van der Waals surface area (Å²) >= 11 is 3.34. The van der Waals surface area contributed by atoms with Crippen LogP contribution in [0, 0.1) is 6.92 Å². The van der Waals surface area contributed by atoms with Crippen molar-refractivity contribution in [3.63, 3.8) is 0 Å². The van der Waals surface area contributed by atoms with Crippen LogP contribution in [0.25, 0.3) is 0 Å². The molecule has 18 heavy (non-hydrogen) atoms. The van der Waals surface area contributed by atoms with Gasteiger partial charge >= 0.3 is 0 Å². The van der Waals surface area contributed by atoms with Crippen molar-refractivity contribution in [2.45, 2.75) is 32.6 Å². The number of hydrogen-bond acceptors (Lipinski definition) is 3. The Hall–Kier alpha value is -0.670. The van der Waals surface area contributed by atoms with E-state index in [0.29, 0.717) is 0 Å². The van der Waals surface area contributed by atoms with Gasteiger partial charge in [0, 0.05) is 11.9 Å². The Morgan fingerprint density at radius 1 is 1.28 bits per heavy atom. The standard InChI is InChI=1S/C10H12S.C3H7NS.C2H6/c1-8(2)11-10-7-5-4-6-9(10)3;1-4-3-5-2;1-2/h4-7H,1H2,2-3H3;3H,1-2H3;1-2H3. The maximum absolute atomic E-state index is 3.85. The Bertz CT molecular complexity index is 346. The van der Waals surface area contributed by atoms with Crippen LogP contribution in [-0.4, -0.2) is 18.9 Å². The van der Waals surface area contributed by atoms with Gasteiger partial charge in [0.15, 0.2) is 0 Å². The lowest BCUT2D eigenvalue weighted by Gasteiger charge is -2.02. The summed E-state index contributed by atoms with van der Waals surface area (Å²) in [7, 11) is 1.76. The van der Waals surface area contributed by atoms with Crippen molar-refractivity contribution in [1.82, 2.24) is 0 Å². The van der Waals surface area contributed by atoms with Gasteiger partial charge in [-0.15, -0.1) is 11.8 Å². The van der Waals surface area contributed by atoms with Gasteiger partial charge < -0.3 is 0 Å². The fourth-order valence-corrected chi connectivity index (χ4v) is 1.93. The summed E-state index contributed by atoms with van der Waals surface area (Å²) in [6.45, 7) is 12.0. The molecule has 0 saturated heterocycles. The molecule has 0 saturated carbocycles. The lowest BCUT2D eigenvalue weighted by Crippen LogP contribution is -1.76. The Morgan fingerprint density at radius 2 is 1.83 bits per heavy atom. The zero-order valence-corrected chi connectivity index (χ0v) is 14.0. The van der Waals surface area contributed by atoms with Gasteiger partial charge in [0.1, 0.15) is 0 Å². The van der Waals surface area contributed by atoms with Crippen LogP contribution < -0.4 is 0 Å². The van der Waals surface area contributed by atoms with Gasteiger partial charge in [-0.05, 0) is 36.6 Å². The van der Waals surface area contributed by atoms with E-state index in [1.54, 1.807) is 36.1 Å². The topological polar surface area (TPSA) is 12.4 Å². The van der Waals surface area contributed by atoms with Crippen LogP contribution in [0.15, 0.2) is 45.6 Å². The van der Waals surface area contributed by atoms with Gasteiger partial charge in [-0.25, -0.2) is 0 Å². The van der Waals surface area contributed by atoms with Gasteiger partial charge in [-0.1, -0.05) is 50.4 Å². The Morgan fingerprint density at radius 3 is 2.17 bits per heavy atom. The van der Waals surface area contributed by atoms with Gasteiger partial charge in [-0.3, -0.25) is 4.99 Å². The van der Waals surface area contributed by atoms with Crippen LogP contribution >= 0.6 is 23.5 Å². The molecule has 0 radical (unpaired) electrons. The average Bonchev–Trinajstić information content (AvgIpc) is 2.36. The summed E-state index contributed by atoms with van der Waals surface area (Å²) in [5.41, 5.74) is 3.11. The van der Waals surface area contributed by atoms with Crippen LogP contribution in [0.2, 0.25) is 0 Å². The van der Waals surface area contributed by atoms with Gasteiger partial charge in [0.25, 0.3) is 0 Å². The van der Waals surface area contributed by atoms with E-state index in [4.69, 9.17) is 0 Å². The molecule has 0 aliphatic heterocycles. The first-order valence-corrected chi connectivity index (χ1v) is 8.04. The molecule has 0 unspecified atom stereocenters. The normalized spacial score (nSPS) is 9.00. The predicted molar refractivity (Wildman–Crippen MR) is 91.1 cm³/mol. The number of aliphatic imine (C=N–C) groups is 1. The minimum atomic E-state index is 1.14. The van der Waals surface area contributed by atoms with Crippen LogP contribution in [0.3, 0.4) is 0 Å². The molecule has 0 fully saturated rings. The van der Waals surface area contributed by atoms with Gasteiger partial charge in [0.2, 0.25) is 0 Å². The summed E-state index contributed by atoms with van der Waals surface area (Å²) in [5.74, 6) is 0. The first-order valence-electron chi connectivity index (χ1n) is 5.94. The smallest absolute Gasteiger partial charge is 0.0534 e. The molecule has 1 nitrogen and oxygen atoms in total.